The van der Waals surface area contributed by atoms with Crippen LogP contribution in [0.5, 0.6) is 0 Å². The van der Waals surface area contributed by atoms with Gasteiger partial charge >= 0.3 is 0 Å². The number of hydrogen-bond donors (Lipinski definition) is 0. The van der Waals surface area contributed by atoms with Crippen LogP contribution in [0.1, 0.15) is 5.48 Å². The zero-order chi connectivity index (χ0) is 41.5. The number of fused-ring (bicyclic) bond motifs is 2. The van der Waals surface area contributed by atoms with Gasteiger partial charge in [0.1, 0.15) is 0 Å². The first-order valence-electron chi connectivity index (χ1n) is 21.3. The molecule has 0 aliphatic heterocycles. The second-order valence-corrected chi connectivity index (χ2v) is 14.2. The van der Waals surface area contributed by atoms with Crippen LogP contribution in [0.4, 0.5) is 17.1 Å². The van der Waals surface area contributed by atoms with E-state index in [1.165, 1.54) is 5.39 Å². The lowest BCUT2D eigenvalue weighted by atomic mass is 9.90. The van der Waals surface area contributed by atoms with Gasteiger partial charge in [-0.05, 0) is 126 Å². The summed E-state index contributed by atoms with van der Waals surface area (Å²) in [6.07, 6.45) is 0. The number of rotatable bonds is 8. The summed E-state index contributed by atoms with van der Waals surface area (Å²) in [5, 5.41) is 4.62. The molecule has 10 rings (SSSR count). The van der Waals surface area contributed by atoms with E-state index in [1.54, 1.807) is 0 Å². The average Bonchev–Trinajstić information content (AvgIpc) is 3.32. The second kappa shape index (κ2) is 15.0. The van der Waals surface area contributed by atoms with Crippen LogP contribution in [0.25, 0.3) is 77.2 Å². The summed E-state index contributed by atoms with van der Waals surface area (Å²) < 4.78 is 38.2. The summed E-state index contributed by atoms with van der Waals surface area (Å²) in [4.78, 5) is 1.87. The minimum absolute atomic E-state index is 0.0998. The predicted molar refractivity (Wildman–Crippen MR) is 243 cm³/mol. The van der Waals surface area contributed by atoms with E-state index in [9.17, 15) is 5.48 Å². The third-order valence-electron chi connectivity index (χ3n) is 10.7. The van der Waals surface area contributed by atoms with Crippen LogP contribution in [-0.4, -0.2) is 0 Å². The van der Waals surface area contributed by atoms with E-state index in [2.05, 4.69) is 115 Å². The molecule has 57 heavy (non-hydrogen) atoms. The molecule has 1 nitrogen and oxygen atoms in total. The van der Waals surface area contributed by atoms with Gasteiger partial charge in [-0.25, -0.2) is 0 Å². The van der Waals surface area contributed by atoms with E-state index in [0.717, 1.165) is 60.7 Å². The van der Waals surface area contributed by atoms with E-state index >= 15 is 0 Å². The maximum Gasteiger partial charge on any atom is 0.0645 e. The van der Waals surface area contributed by atoms with Crippen molar-refractivity contribution in [3.8, 4) is 55.6 Å². The third kappa shape index (κ3) is 6.77. The van der Waals surface area contributed by atoms with Gasteiger partial charge in [0.2, 0.25) is 0 Å². The smallest absolute Gasteiger partial charge is 0.0645 e. The molecule has 0 saturated carbocycles. The van der Waals surface area contributed by atoms with E-state index in [0.29, 0.717) is 16.9 Å². The van der Waals surface area contributed by atoms with E-state index in [1.807, 2.05) is 102 Å². The van der Waals surface area contributed by atoms with Gasteiger partial charge < -0.3 is 4.90 Å². The number of anilines is 3. The molecule has 0 saturated heterocycles. The molecule has 0 bridgehead atoms. The minimum atomic E-state index is -0.123. The van der Waals surface area contributed by atoms with Crippen molar-refractivity contribution in [2.24, 2.45) is 0 Å². The first-order chi connectivity index (χ1) is 29.9. The van der Waals surface area contributed by atoms with E-state index in [-0.39, 0.29) is 35.4 Å². The van der Waals surface area contributed by atoms with Crippen molar-refractivity contribution >= 4 is 38.6 Å². The van der Waals surface area contributed by atoms with Gasteiger partial charge in [-0.1, -0.05) is 188 Å². The monoisotopic (exact) mass is 729 g/mol. The van der Waals surface area contributed by atoms with Crippen LogP contribution < -0.4 is 4.90 Å². The van der Waals surface area contributed by atoms with Crippen molar-refractivity contribution in [1.82, 2.24) is 0 Å². The molecule has 0 radical (unpaired) electrons. The highest BCUT2D eigenvalue weighted by Gasteiger charge is 2.17. The molecule has 0 amide bonds. The molecule has 0 spiro atoms. The van der Waals surface area contributed by atoms with Crippen LogP contribution in [0, 0.1) is 0 Å². The van der Waals surface area contributed by atoms with Gasteiger partial charge in [-0.15, -0.1) is 0 Å². The van der Waals surface area contributed by atoms with E-state index in [4.69, 9.17) is 0 Å². The number of nitrogens with zero attached hydrogens (tertiary/aromatic N) is 1. The van der Waals surface area contributed by atoms with Crippen molar-refractivity contribution < 1.29 is 5.48 Å². The van der Waals surface area contributed by atoms with Crippen molar-refractivity contribution in [2.45, 2.75) is 0 Å². The number of hydrogen-bond acceptors (Lipinski definition) is 1. The van der Waals surface area contributed by atoms with Gasteiger partial charge in [0.25, 0.3) is 0 Å². The first-order valence-corrected chi connectivity index (χ1v) is 19.3. The van der Waals surface area contributed by atoms with Crippen molar-refractivity contribution in [2.75, 3.05) is 4.90 Å². The summed E-state index contributed by atoms with van der Waals surface area (Å²) in [6, 6.07) is 71.5. The number of benzene rings is 10. The molecule has 1 heteroatoms. The van der Waals surface area contributed by atoms with E-state index < -0.39 is 0 Å². The molecule has 10 aromatic rings. The fourth-order valence-corrected chi connectivity index (χ4v) is 7.87. The SMILES string of the molecule is [2H]c1c([2H])c(N(c2ccc(-c3ccc4ccccc4c3-c3ccccc3)cc2)c2cccc(-c3ccc4ccccc4c3)c2)c([2H])c([2H])c1-c1cccc(-c2ccccc2)c1. The molecule has 0 unspecified atom stereocenters. The maximum atomic E-state index is 9.62. The normalized spacial score (nSPS) is 12.1. The Morgan fingerprint density at radius 3 is 1.58 bits per heavy atom. The van der Waals surface area contributed by atoms with Gasteiger partial charge in [-0.2, -0.15) is 0 Å². The highest BCUT2D eigenvalue weighted by molar-refractivity contribution is 6.04. The molecule has 0 aliphatic carbocycles. The summed E-state index contributed by atoms with van der Waals surface area (Å²) in [6.45, 7) is 0. The molecular formula is C56H39N. The molecular weight excluding hydrogens is 687 g/mol. The van der Waals surface area contributed by atoms with Gasteiger partial charge in [0.05, 0.1) is 5.48 Å². The lowest BCUT2D eigenvalue weighted by Crippen LogP contribution is -2.10. The summed E-state index contributed by atoms with van der Waals surface area (Å²) in [5.74, 6) is 0. The Morgan fingerprint density at radius 2 is 0.825 bits per heavy atom. The lowest BCUT2D eigenvalue weighted by molar-refractivity contribution is 1.28. The highest BCUT2D eigenvalue weighted by atomic mass is 15.1. The van der Waals surface area contributed by atoms with Crippen LogP contribution in [-0.2, 0) is 0 Å². The molecule has 268 valence electrons. The van der Waals surface area contributed by atoms with Crippen LogP contribution in [0.2, 0.25) is 0 Å². The lowest BCUT2D eigenvalue weighted by Gasteiger charge is -2.26. The Kier molecular flexibility index (Phi) is 7.84. The molecule has 0 atom stereocenters. The fraction of sp³-hybridized carbons (Fsp3) is 0. The Morgan fingerprint density at radius 1 is 0.281 bits per heavy atom. The standard InChI is InChI=1S/C56H39N/c1-3-13-40(14-4-1)47-20-11-21-48(37-47)42-27-32-51(33-28-42)57(53-23-12-22-49(39-53)50-26-25-41-15-7-8-19-46(41)38-50)52-34-29-44(30-35-52)55-36-31-43-16-9-10-24-54(43)56(55)45-17-5-2-6-18-45/h1-39H/i27D,28D,32D,33D. The van der Waals surface area contributed by atoms with Crippen LogP contribution in [0.3, 0.4) is 0 Å². The first kappa shape index (κ1) is 29.8. The summed E-state index contributed by atoms with van der Waals surface area (Å²) >= 11 is 0. The maximum absolute atomic E-state index is 9.62. The third-order valence-corrected chi connectivity index (χ3v) is 10.7. The second-order valence-electron chi connectivity index (χ2n) is 14.2. The Bertz CT molecular complexity index is 3210. The Hall–Kier alpha value is -7.48. The summed E-state index contributed by atoms with van der Waals surface area (Å²) in [7, 11) is 0. The topological polar surface area (TPSA) is 3.24 Å². The molecule has 0 N–H and O–H groups in total. The van der Waals surface area contributed by atoms with Gasteiger partial charge in [-0.3, -0.25) is 0 Å². The van der Waals surface area contributed by atoms with Crippen molar-refractivity contribution in [3.05, 3.63) is 236 Å². The quantitative estimate of drug-likeness (QED) is 0.151. The highest BCUT2D eigenvalue weighted by Crippen LogP contribution is 2.42. The molecule has 0 aliphatic rings. The van der Waals surface area contributed by atoms with Crippen molar-refractivity contribution in [1.29, 1.82) is 0 Å². The van der Waals surface area contributed by atoms with Gasteiger partial charge in [0, 0.05) is 17.1 Å². The zero-order valence-electron chi connectivity index (χ0n) is 35.2. The summed E-state index contributed by atoms with van der Waals surface area (Å²) in [5.41, 5.74) is 10.8. The predicted octanol–water partition coefficient (Wildman–Crippen LogP) is 15.8. The Balaban J connectivity index is 1.14. The Labute approximate surface area is 340 Å². The average molecular weight is 730 g/mol. The minimum Gasteiger partial charge on any atom is -0.310 e. The van der Waals surface area contributed by atoms with Gasteiger partial charge in [0.15, 0.2) is 0 Å². The largest absolute Gasteiger partial charge is 0.310 e. The molecule has 0 heterocycles. The van der Waals surface area contributed by atoms with Crippen LogP contribution in [0.15, 0.2) is 236 Å². The molecule has 10 aromatic carbocycles. The zero-order valence-corrected chi connectivity index (χ0v) is 31.2. The van der Waals surface area contributed by atoms with Crippen molar-refractivity contribution in [3.63, 3.8) is 0 Å². The van der Waals surface area contributed by atoms with Crippen LogP contribution >= 0.6 is 0 Å². The molecule has 0 fully saturated rings. The fourth-order valence-electron chi connectivity index (χ4n) is 7.87. The molecule has 0 aromatic heterocycles.